The van der Waals surface area contributed by atoms with Crippen molar-refractivity contribution in [2.75, 3.05) is 7.11 Å². The van der Waals surface area contributed by atoms with Crippen molar-refractivity contribution in [3.05, 3.63) is 53.5 Å². The minimum absolute atomic E-state index is 0.0457. The molecule has 1 fully saturated rings. The van der Waals surface area contributed by atoms with Gasteiger partial charge in [0.1, 0.15) is 5.75 Å². The van der Waals surface area contributed by atoms with Gasteiger partial charge >= 0.3 is 5.97 Å². The Kier molecular flexibility index (Phi) is 3.56. The first-order valence-electron chi connectivity index (χ1n) is 7.04. The summed E-state index contributed by atoms with van der Waals surface area (Å²) in [5, 5.41) is 0. The first kappa shape index (κ1) is 14.5. The molecule has 0 unspecified atom stereocenters. The van der Waals surface area contributed by atoms with Crippen molar-refractivity contribution in [1.29, 1.82) is 0 Å². The molecule has 5 heteroatoms. The Balaban J connectivity index is 1.76. The van der Waals surface area contributed by atoms with Crippen molar-refractivity contribution in [1.82, 2.24) is 4.98 Å². The summed E-state index contributed by atoms with van der Waals surface area (Å²) in [5.41, 5.74) is 1.59. The van der Waals surface area contributed by atoms with Crippen LogP contribution in [0, 0.1) is 5.82 Å². The van der Waals surface area contributed by atoms with Crippen LogP contribution in [0.3, 0.4) is 0 Å². The number of pyridine rings is 1. The van der Waals surface area contributed by atoms with Crippen molar-refractivity contribution in [2.24, 2.45) is 0 Å². The van der Waals surface area contributed by atoms with E-state index in [9.17, 15) is 9.18 Å². The molecule has 1 aliphatic rings. The van der Waals surface area contributed by atoms with Crippen molar-refractivity contribution in [3.63, 3.8) is 0 Å². The van der Waals surface area contributed by atoms with Crippen LogP contribution < -0.4 is 4.74 Å². The summed E-state index contributed by atoms with van der Waals surface area (Å²) in [5.74, 6) is -1.01. The molecule has 22 heavy (non-hydrogen) atoms. The predicted octanol–water partition coefficient (Wildman–Crippen LogP) is 3.85. The topological polar surface area (TPSA) is 48.4 Å². The number of aromatic nitrogens is 1. The molecule has 0 saturated heterocycles. The van der Waals surface area contributed by atoms with Gasteiger partial charge in [-0.1, -0.05) is 19.1 Å². The van der Waals surface area contributed by atoms with E-state index < -0.39 is 11.8 Å². The van der Waals surface area contributed by atoms with E-state index >= 15 is 0 Å². The van der Waals surface area contributed by atoms with Gasteiger partial charge in [-0.25, -0.2) is 14.2 Å². The van der Waals surface area contributed by atoms with Crippen LogP contribution in [0.4, 0.5) is 4.39 Å². The molecular formula is C17H16FNO3. The molecule has 1 saturated carbocycles. The molecule has 1 aromatic heterocycles. The summed E-state index contributed by atoms with van der Waals surface area (Å²) in [4.78, 5) is 15.1. The quantitative estimate of drug-likeness (QED) is 0.805. The summed E-state index contributed by atoms with van der Waals surface area (Å²) >= 11 is 0. The van der Waals surface area contributed by atoms with Crippen molar-refractivity contribution in [2.45, 2.75) is 25.2 Å². The summed E-state index contributed by atoms with van der Waals surface area (Å²) in [6.45, 7) is 2.22. The van der Waals surface area contributed by atoms with Gasteiger partial charge in [0.25, 0.3) is 5.88 Å². The first-order valence-corrected chi connectivity index (χ1v) is 7.04. The van der Waals surface area contributed by atoms with E-state index in [-0.39, 0.29) is 16.9 Å². The third-order valence-electron chi connectivity index (χ3n) is 3.99. The number of carbonyl (C=O) groups excluding carboxylic acids is 1. The summed E-state index contributed by atoms with van der Waals surface area (Å²) in [6, 6.07) is 8.63. The standard InChI is InChI=1S/C17H16FNO3/c1-17(7-8-17)12-3-5-13(6-4-12)22-15-14(18)9-11(10-19-15)16(20)21-2/h3-6,9-10H,7-8H2,1-2H3. The van der Waals surface area contributed by atoms with Crippen LogP contribution in [-0.4, -0.2) is 18.1 Å². The number of hydrogen-bond donors (Lipinski definition) is 0. The summed E-state index contributed by atoms with van der Waals surface area (Å²) in [6.07, 6.45) is 3.61. The van der Waals surface area contributed by atoms with Crippen LogP contribution in [0.15, 0.2) is 36.5 Å². The van der Waals surface area contributed by atoms with Crippen LogP contribution in [0.5, 0.6) is 11.6 Å². The monoisotopic (exact) mass is 301 g/mol. The van der Waals surface area contributed by atoms with E-state index in [4.69, 9.17) is 4.74 Å². The first-order chi connectivity index (χ1) is 10.5. The molecule has 1 heterocycles. The van der Waals surface area contributed by atoms with Crippen LogP contribution in [-0.2, 0) is 10.2 Å². The largest absolute Gasteiger partial charge is 0.465 e. The maximum absolute atomic E-state index is 13.9. The second-order valence-electron chi connectivity index (χ2n) is 5.69. The molecule has 2 aromatic rings. The molecule has 0 spiro atoms. The maximum atomic E-state index is 13.9. The zero-order valence-corrected chi connectivity index (χ0v) is 12.4. The number of methoxy groups -OCH3 is 1. The lowest BCUT2D eigenvalue weighted by Gasteiger charge is -2.10. The summed E-state index contributed by atoms with van der Waals surface area (Å²) in [7, 11) is 1.23. The fourth-order valence-corrected chi connectivity index (χ4v) is 2.24. The van der Waals surface area contributed by atoms with Gasteiger partial charge in [-0.2, -0.15) is 0 Å². The third kappa shape index (κ3) is 2.79. The normalized spacial score (nSPS) is 15.2. The SMILES string of the molecule is COC(=O)c1cnc(Oc2ccc(C3(C)CC3)cc2)c(F)c1. The molecule has 0 atom stereocenters. The zero-order valence-electron chi connectivity index (χ0n) is 12.4. The van der Waals surface area contributed by atoms with E-state index in [0.717, 1.165) is 6.07 Å². The van der Waals surface area contributed by atoms with Gasteiger partial charge in [-0.3, -0.25) is 0 Å². The Bertz CT molecular complexity index is 708. The lowest BCUT2D eigenvalue weighted by atomic mass is 9.99. The zero-order chi connectivity index (χ0) is 15.7. The van der Waals surface area contributed by atoms with Gasteiger partial charge < -0.3 is 9.47 Å². The average Bonchev–Trinajstić information content (AvgIpc) is 3.28. The fraction of sp³-hybridized carbons (Fsp3) is 0.294. The molecule has 114 valence electrons. The molecule has 0 N–H and O–H groups in total. The van der Waals surface area contributed by atoms with Gasteiger partial charge in [0, 0.05) is 6.20 Å². The van der Waals surface area contributed by atoms with Crippen molar-refractivity contribution < 1.29 is 18.7 Å². The minimum Gasteiger partial charge on any atom is -0.465 e. The molecule has 0 bridgehead atoms. The van der Waals surface area contributed by atoms with Crippen LogP contribution in [0.25, 0.3) is 0 Å². The molecule has 0 amide bonds. The molecular weight excluding hydrogens is 285 g/mol. The van der Waals surface area contributed by atoms with Crippen LogP contribution in [0.1, 0.15) is 35.7 Å². The van der Waals surface area contributed by atoms with Crippen molar-refractivity contribution >= 4 is 5.97 Å². The Labute approximate surface area is 127 Å². The fourth-order valence-electron chi connectivity index (χ4n) is 2.24. The Hall–Kier alpha value is -2.43. The molecule has 4 nitrogen and oxygen atoms in total. The molecule has 0 aliphatic heterocycles. The van der Waals surface area contributed by atoms with E-state index in [2.05, 4.69) is 16.6 Å². The van der Waals surface area contributed by atoms with E-state index in [1.165, 1.54) is 31.7 Å². The number of carbonyl (C=O) groups is 1. The van der Waals surface area contributed by atoms with Gasteiger partial charge in [-0.05, 0) is 42.0 Å². The molecule has 1 aliphatic carbocycles. The van der Waals surface area contributed by atoms with Crippen molar-refractivity contribution in [3.8, 4) is 11.6 Å². The van der Waals surface area contributed by atoms with E-state index in [0.29, 0.717) is 5.75 Å². The highest BCUT2D eigenvalue weighted by Crippen LogP contribution is 2.47. The van der Waals surface area contributed by atoms with Gasteiger partial charge in [0.2, 0.25) is 0 Å². The van der Waals surface area contributed by atoms with Gasteiger partial charge in [0.05, 0.1) is 12.7 Å². The lowest BCUT2D eigenvalue weighted by molar-refractivity contribution is 0.0599. The number of rotatable bonds is 4. The number of halogens is 1. The Morgan fingerprint density at radius 3 is 2.50 bits per heavy atom. The predicted molar refractivity (Wildman–Crippen MR) is 78.6 cm³/mol. The number of hydrogen-bond acceptors (Lipinski definition) is 4. The highest BCUT2D eigenvalue weighted by Gasteiger charge is 2.38. The van der Waals surface area contributed by atoms with E-state index in [1.54, 1.807) is 12.1 Å². The highest BCUT2D eigenvalue weighted by atomic mass is 19.1. The molecule has 0 radical (unpaired) electrons. The third-order valence-corrected chi connectivity index (χ3v) is 3.99. The molecule has 3 rings (SSSR count). The smallest absolute Gasteiger partial charge is 0.339 e. The van der Waals surface area contributed by atoms with Gasteiger partial charge in [0.15, 0.2) is 5.82 Å². The van der Waals surface area contributed by atoms with Crippen LogP contribution >= 0.6 is 0 Å². The number of nitrogens with zero attached hydrogens (tertiary/aromatic N) is 1. The number of esters is 1. The number of benzene rings is 1. The second-order valence-corrected chi connectivity index (χ2v) is 5.69. The summed E-state index contributed by atoms with van der Waals surface area (Å²) < 4.78 is 23.9. The lowest BCUT2D eigenvalue weighted by Crippen LogP contribution is -2.04. The van der Waals surface area contributed by atoms with Gasteiger partial charge in [-0.15, -0.1) is 0 Å². The van der Waals surface area contributed by atoms with Crippen LogP contribution in [0.2, 0.25) is 0 Å². The number of ether oxygens (including phenoxy) is 2. The van der Waals surface area contributed by atoms with E-state index in [1.807, 2.05) is 12.1 Å². The second kappa shape index (κ2) is 5.40. The minimum atomic E-state index is -0.707. The maximum Gasteiger partial charge on any atom is 0.339 e. The highest BCUT2D eigenvalue weighted by molar-refractivity contribution is 5.88. The Morgan fingerprint density at radius 1 is 1.27 bits per heavy atom. The molecule has 1 aromatic carbocycles. The average molecular weight is 301 g/mol. The Morgan fingerprint density at radius 2 is 1.95 bits per heavy atom.